The zero-order valence-electron chi connectivity index (χ0n) is 16.4. The number of nitrogens with zero attached hydrogens (tertiary/aromatic N) is 3. The number of piperazine rings is 1. The van der Waals surface area contributed by atoms with Crippen LogP contribution in [0.15, 0.2) is 42.5 Å². The van der Waals surface area contributed by atoms with E-state index in [1.165, 1.54) is 6.07 Å². The minimum atomic E-state index is -0.372. The fourth-order valence-electron chi connectivity index (χ4n) is 4.31. The fraction of sp³-hybridized carbons (Fsp3) is 0.364. The Morgan fingerprint density at radius 2 is 1.77 bits per heavy atom. The molecule has 0 N–H and O–H groups in total. The number of anilines is 2. The van der Waals surface area contributed by atoms with Crippen LogP contribution in [-0.2, 0) is 9.59 Å². The maximum absolute atomic E-state index is 14.0. The van der Waals surface area contributed by atoms with Gasteiger partial charge in [-0.2, -0.15) is 0 Å². The lowest BCUT2D eigenvalue weighted by atomic mass is 10.1. The van der Waals surface area contributed by atoms with Gasteiger partial charge in [0.25, 0.3) is 0 Å². The average Bonchev–Trinajstić information content (AvgIpc) is 3.39. The molecule has 2 amide bonds. The topological polar surface area (TPSA) is 62.3 Å². The zero-order valence-corrected chi connectivity index (χ0v) is 16.4. The number of rotatable bonds is 3. The van der Waals surface area contributed by atoms with Gasteiger partial charge in [0.05, 0.1) is 11.6 Å². The van der Waals surface area contributed by atoms with Crippen LogP contribution in [0.3, 0.4) is 0 Å². The Labute approximate surface area is 173 Å². The van der Waals surface area contributed by atoms with E-state index in [1.807, 2.05) is 17.0 Å². The summed E-state index contributed by atoms with van der Waals surface area (Å²) in [5.74, 6) is 0.558. The number of carbonyl (C=O) groups is 2. The van der Waals surface area contributed by atoms with Crippen molar-refractivity contribution in [3.05, 3.63) is 48.3 Å². The van der Waals surface area contributed by atoms with E-state index in [-0.39, 0.29) is 36.8 Å². The predicted octanol–water partition coefficient (Wildman–Crippen LogP) is 2.26. The molecule has 0 spiro atoms. The van der Waals surface area contributed by atoms with Crippen LogP contribution >= 0.6 is 0 Å². The second-order valence-corrected chi connectivity index (χ2v) is 7.71. The molecule has 2 fully saturated rings. The van der Waals surface area contributed by atoms with Gasteiger partial charge in [-0.15, -0.1) is 0 Å². The van der Waals surface area contributed by atoms with Gasteiger partial charge >= 0.3 is 0 Å². The average molecular weight is 411 g/mol. The van der Waals surface area contributed by atoms with Gasteiger partial charge in [0.1, 0.15) is 5.82 Å². The second kappa shape index (κ2) is 7.51. The van der Waals surface area contributed by atoms with Crippen LogP contribution in [0.25, 0.3) is 0 Å². The number of para-hydroxylation sites is 1. The van der Waals surface area contributed by atoms with Gasteiger partial charge in [-0.05, 0) is 24.3 Å². The van der Waals surface area contributed by atoms with Crippen LogP contribution in [0.5, 0.6) is 11.5 Å². The van der Waals surface area contributed by atoms with E-state index < -0.39 is 0 Å². The third-order valence-corrected chi connectivity index (χ3v) is 5.93. The first-order valence-electron chi connectivity index (χ1n) is 10.1. The van der Waals surface area contributed by atoms with Crippen LogP contribution in [0.2, 0.25) is 0 Å². The lowest BCUT2D eigenvalue weighted by Gasteiger charge is -2.37. The van der Waals surface area contributed by atoms with Crippen molar-refractivity contribution in [2.45, 2.75) is 6.42 Å². The Kier molecular flexibility index (Phi) is 4.69. The lowest BCUT2D eigenvalue weighted by molar-refractivity contribution is -0.136. The van der Waals surface area contributed by atoms with Crippen molar-refractivity contribution in [1.29, 1.82) is 0 Å². The monoisotopic (exact) mass is 411 g/mol. The normalized spacial score (nSPS) is 20.8. The number of hydrogen-bond acceptors (Lipinski definition) is 5. The number of halogens is 1. The van der Waals surface area contributed by atoms with Crippen LogP contribution in [-0.4, -0.2) is 56.2 Å². The summed E-state index contributed by atoms with van der Waals surface area (Å²) < 4.78 is 24.7. The fourth-order valence-corrected chi connectivity index (χ4v) is 4.31. The zero-order chi connectivity index (χ0) is 20.7. The number of carbonyl (C=O) groups excluding carboxylic acids is 2. The van der Waals surface area contributed by atoms with Gasteiger partial charge in [-0.1, -0.05) is 12.1 Å². The minimum absolute atomic E-state index is 0.0141. The molecule has 0 bridgehead atoms. The second-order valence-electron chi connectivity index (χ2n) is 7.71. The summed E-state index contributed by atoms with van der Waals surface area (Å²) in [6, 6.07) is 12.0. The number of amides is 2. The van der Waals surface area contributed by atoms with Crippen molar-refractivity contribution < 1.29 is 23.5 Å². The summed E-state index contributed by atoms with van der Waals surface area (Å²) in [6.45, 7) is 2.69. The number of ether oxygens (including phenoxy) is 2. The molecule has 0 aliphatic carbocycles. The van der Waals surface area contributed by atoms with Crippen molar-refractivity contribution in [2.75, 3.05) is 49.3 Å². The molecular formula is C22H22FN3O4. The molecule has 156 valence electrons. The first kappa shape index (κ1) is 18.7. The number of fused-ring (bicyclic) bond motifs is 1. The third-order valence-electron chi connectivity index (χ3n) is 5.93. The maximum atomic E-state index is 14.0. The molecule has 2 aromatic rings. The van der Waals surface area contributed by atoms with Gasteiger partial charge in [-0.25, -0.2) is 4.39 Å². The molecule has 0 unspecified atom stereocenters. The molecule has 7 nitrogen and oxygen atoms in total. The Hall–Kier alpha value is -3.29. The highest BCUT2D eigenvalue weighted by atomic mass is 19.1. The van der Waals surface area contributed by atoms with Gasteiger partial charge in [0, 0.05) is 50.9 Å². The Balaban J connectivity index is 1.22. The van der Waals surface area contributed by atoms with E-state index in [9.17, 15) is 14.0 Å². The minimum Gasteiger partial charge on any atom is -0.454 e. The van der Waals surface area contributed by atoms with Crippen LogP contribution in [0.1, 0.15) is 6.42 Å². The SMILES string of the molecule is O=C([C@H]1CC(=O)N(c2ccc3c(c2)OCO3)C1)N1CCN(c2ccccc2F)CC1. The van der Waals surface area contributed by atoms with Crippen molar-refractivity contribution in [3.8, 4) is 11.5 Å². The Morgan fingerprint density at radius 1 is 1.00 bits per heavy atom. The highest BCUT2D eigenvalue weighted by molar-refractivity contribution is 6.00. The van der Waals surface area contributed by atoms with Crippen LogP contribution < -0.4 is 19.3 Å². The van der Waals surface area contributed by atoms with E-state index in [2.05, 4.69) is 0 Å². The summed E-state index contributed by atoms with van der Waals surface area (Å²) in [5, 5.41) is 0. The largest absolute Gasteiger partial charge is 0.454 e. The maximum Gasteiger partial charge on any atom is 0.231 e. The molecule has 0 aromatic heterocycles. The molecule has 8 heteroatoms. The molecule has 30 heavy (non-hydrogen) atoms. The first-order valence-corrected chi connectivity index (χ1v) is 10.1. The highest BCUT2D eigenvalue weighted by Crippen LogP contribution is 2.37. The van der Waals surface area contributed by atoms with Gasteiger partial charge in [-0.3, -0.25) is 9.59 Å². The molecule has 3 aliphatic rings. The number of hydrogen-bond donors (Lipinski definition) is 0. The van der Waals surface area contributed by atoms with Crippen molar-refractivity contribution in [3.63, 3.8) is 0 Å². The molecule has 2 aromatic carbocycles. The smallest absolute Gasteiger partial charge is 0.231 e. The van der Waals surface area contributed by atoms with Crippen LogP contribution in [0.4, 0.5) is 15.8 Å². The molecule has 2 saturated heterocycles. The molecule has 5 rings (SSSR count). The summed E-state index contributed by atoms with van der Waals surface area (Å²) >= 11 is 0. The van der Waals surface area contributed by atoms with Crippen molar-refractivity contribution in [2.24, 2.45) is 5.92 Å². The standard InChI is InChI=1S/C22H22FN3O4/c23-17-3-1-2-4-18(17)24-7-9-25(10-8-24)22(28)15-11-21(27)26(13-15)16-5-6-19-20(12-16)30-14-29-19/h1-6,12,15H,7-11,13-14H2/t15-/m0/s1. The van der Waals surface area contributed by atoms with E-state index in [1.54, 1.807) is 34.1 Å². The lowest BCUT2D eigenvalue weighted by Crippen LogP contribution is -2.51. The summed E-state index contributed by atoms with van der Waals surface area (Å²) in [7, 11) is 0. The molecule has 3 aliphatic heterocycles. The van der Waals surface area contributed by atoms with Gasteiger partial charge in [0.2, 0.25) is 18.6 Å². The number of benzene rings is 2. The third kappa shape index (κ3) is 3.32. The van der Waals surface area contributed by atoms with E-state index in [0.29, 0.717) is 55.6 Å². The van der Waals surface area contributed by atoms with Gasteiger partial charge < -0.3 is 24.2 Å². The van der Waals surface area contributed by atoms with E-state index >= 15 is 0 Å². The van der Waals surface area contributed by atoms with Crippen LogP contribution in [0, 0.1) is 11.7 Å². The summed E-state index contributed by atoms with van der Waals surface area (Å²) in [5.41, 5.74) is 1.28. The molecular weight excluding hydrogens is 389 g/mol. The molecule has 3 heterocycles. The molecule has 1 atom stereocenters. The Bertz CT molecular complexity index is 990. The Morgan fingerprint density at radius 3 is 2.57 bits per heavy atom. The predicted molar refractivity (Wildman–Crippen MR) is 108 cm³/mol. The van der Waals surface area contributed by atoms with E-state index in [0.717, 1.165) is 0 Å². The van der Waals surface area contributed by atoms with Crippen molar-refractivity contribution in [1.82, 2.24) is 4.90 Å². The molecule has 0 saturated carbocycles. The van der Waals surface area contributed by atoms with Crippen molar-refractivity contribution >= 4 is 23.2 Å². The highest BCUT2D eigenvalue weighted by Gasteiger charge is 2.38. The summed E-state index contributed by atoms with van der Waals surface area (Å²) in [4.78, 5) is 31.0. The van der Waals surface area contributed by atoms with Gasteiger partial charge in [0.15, 0.2) is 11.5 Å². The molecule has 0 radical (unpaired) electrons. The van der Waals surface area contributed by atoms with E-state index in [4.69, 9.17) is 9.47 Å². The quantitative estimate of drug-likeness (QED) is 0.776. The first-order chi connectivity index (χ1) is 14.6. The summed E-state index contributed by atoms with van der Waals surface area (Å²) in [6.07, 6.45) is 0.195.